The summed E-state index contributed by atoms with van der Waals surface area (Å²) in [5, 5.41) is 15.3. The van der Waals surface area contributed by atoms with Gasteiger partial charge in [-0.05, 0) is 32.9 Å². The number of hydrogen-bond donors (Lipinski definition) is 0. The second kappa shape index (κ2) is 8.52. The Kier molecular flexibility index (Phi) is 5.75. The Morgan fingerprint density at radius 3 is 2.30 bits per heavy atom. The molecule has 172 valence electrons. The summed E-state index contributed by atoms with van der Waals surface area (Å²) in [6.45, 7) is 5.27. The van der Waals surface area contributed by atoms with E-state index < -0.39 is 29.6 Å². The normalized spacial score (nSPS) is 14.5. The number of carbonyl (C=O) groups is 3. The van der Waals surface area contributed by atoms with Crippen molar-refractivity contribution in [2.45, 2.75) is 52.1 Å². The predicted octanol–water partition coefficient (Wildman–Crippen LogP) is 2.05. The molecule has 11 nitrogen and oxygen atoms in total. The number of rotatable bonds is 7. The average Bonchev–Trinajstić information content (AvgIpc) is 3.45. The lowest BCUT2D eigenvalue weighted by molar-refractivity contribution is 0.00624. The summed E-state index contributed by atoms with van der Waals surface area (Å²) < 4.78 is 22.3. The van der Waals surface area contributed by atoms with Crippen LogP contribution in [0.2, 0.25) is 0 Å². The number of anilines is 1. The number of amides is 2. The van der Waals surface area contributed by atoms with Crippen LogP contribution in [0.5, 0.6) is 0 Å². The molecular weight excluding hydrogens is 433 g/mol. The average molecular weight is 455 g/mol. The van der Waals surface area contributed by atoms with Crippen molar-refractivity contribution in [1.29, 1.82) is 0 Å². The minimum Gasteiger partial charge on any atom is -0.455 e. The van der Waals surface area contributed by atoms with Crippen molar-refractivity contribution in [2.24, 2.45) is 0 Å². The van der Waals surface area contributed by atoms with E-state index in [2.05, 4.69) is 20.6 Å². The van der Waals surface area contributed by atoms with E-state index in [1.165, 1.54) is 21.8 Å². The van der Waals surface area contributed by atoms with Crippen molar-refractivity contribution in [3.05, 3.63) is 53.5 Å². The van der Waals surface area contributed by atoms with Gasteiger partial charge in [0.05, 0.1) is 30.1 Å². The van der Waals surface area contributed by atoms with E-state index in [1.807, 2.05) is 0 Å². The molecule has 3 aromatic rings. The van der Waals surface area contributed by atoms with Crippen molar-refractivity contribution in [3.8, 4) is 0 Å². The highest BCUT2D eigenvalue weighted by Gasteiger charge is 2.38. The van der Waals surface area contributed by atoms with Gasteiger partial charge in [-0.3, -0.25) is 14.3 Å². The number of benzene rings is 1. The molecule has 33 heavy (non-hydrogen) atoms. The third-order valence-corrected chi connectivity index (χ3v) is 4.75. The highest BCUT2D eigenvalue weighted by atomic mass is 19.1. The van der Waals surface area contributed by atoms with Crippen LogP contribution in [0.1, 0.15) is 58.4 Å². The summed E-state index contributed by atoms with van der Waals surface area (Å²) in [5.74, 6) is -1.56. The summed E-state index contributed by atoms with van der Waals surface area (Å²) in [4.78, 5) is 38.0. The quantitative estimate of drug-likeness (QED) is 0.392. The van der Waals surface area contributed by atoms with Crippen LogP contribution in [0.25, 0.3) is 0 Å². The second-order valence-electron chi connectivity index (χ2n) is 8.54. The highest BCUT2D eigenvalue weighted by molar-refractivity contribution is 6.34. The molecule has 12 heteroatoms. The molecule has 3 heterocycles. The molecule has 1 aliphatic rings. The first kappa shape index (κ1) is 22.2. The third kappa shape index (κ3) is 4.78. The molecule has 0 saturated heterocycles. The van der Waals surface area contributed by atoms with Gasteiger partial charge in [-0.1, -0.05) is 22.6 Å². The first-order chi connectivity index (χ1) is 15.6. The molecule has 1 unspecified atom stereocenters. The van der Waals surface area contributed by atoms with Crippen LogP contribution in [-0.2, 0) is 17.8 Å². The van der Waals surface area contributed by atoms with Crippen LogP contribution < -0.4 is 4.90 Å². The fourth-order valence-electron chi connectivity index (χ4n) is 3.28. The second-order valence-corrected chi connectivity index (χ2v) is 8.54. The standard InChI is InChI=1S/C21H22FN7O4/c1-21(2,3)33-20(32)16-11-27(25-23-16)9-8-13(22)10-28-12-17(24-26-28)29-18(30)14-6-4-5-7-15(14)19(29)31/h4-7,11-13H,8-10H2,1-3H3. The summed E-state index contributed by atoms with van der Waals surface area (Å²) >= 11 is 0. The molecule has 0 N–H and O–H groups in total. The van der Waals surface area contributed by atoms with Crippen LogP contribution in [0.15, 0.2) is 36.7 Å². The van der Waals surface area contributed by atoms with Crippen LogP contribution in [0.3, 0.4) is 0 Å². The van der Waals surface area contributed by atoms with Gasteiger partial charge in [0.25, 0.3) is 11.8 Å². The van der Waals surface area contributed by atoms with Crippen LogP contribution in [-0.4, -0.2) is 59.5 Å². The van der Waals surface area contributed by atoms with Gasteiger partial charge in [0.2, 0.25) is 0 Å². The zero-order valence-corrected chi connectivity index (χ0v) is 18.3. The summed E-state index contributed by atoms with van der Waals surface area (Å²) in [6, 6.07) is 6.47. The van der Waals surface area contributed by atoms with E-state index in [4.69, 9.17) is 4.74 Å². The summed E-state index contributed by atoms with van der Waals surface area (Å²) in [6.07, 6.45) is 1.50. The summed E-state index contributed by atoms with van der Waals surface area (Å²) in [5.41, 5.74) is -0.0329. The number of alkyl halides is 1. The zero-order chi connectivity index (χ0) is 23.8. The number of halogens is 1. The Bertz CT molecular complexity index is 1180. The van der Waals surface area contributed by atoms with E-state index in [-0.39, 0.29) is 31.0 Å². The molecule has 0 aliphatic carbocycles. The SMILES string of the molecule is CC(C)(C)OC(=O)c1cn(CCC(F)Cn2cc(N3C(=O)c4ccccc4C3=O)nn2)nn1. The van der Waals surface area contributed by atoms with Crippen molar-refractivity contribution in [2.75, 3.05) is 4.90 Å². The fraction of sp³-hybridized carbons (Fsp3) is 0.381. The number of hydrogen-bond acceptors (Lipinski definition) is 8. The van der Waals surface area contributed by atoms with Crippen LogP contribution >= 0.6 is 0 Å². The molecule has 0 saturated carbocycles. The molecule has 0 bridgehead atoms. The zero-order valence-electron chi connectivity index (χ0n) is 18.3. The van der Waals surface area contributed by atoms with E-state index in [1.54, 1.807) is 45.0 Å². The number of esters is 1. The molecular formula is C21H22FN7O4. The van der Waals surface area contributed by atoms with Crippen molar-refractivity contribution < 1.29 is 23.5 Å². The lowest BCUT2D eigenvalue weighted by atomic mass is 10.1. The number of carbonyl (C=O) groups excluding carboxylic acids is 3. The van der Waals surface area contributed by atoms with Crippen molar-refractivity contribution >= 4 is 23.6 Å². The van der Waals surface area contributed by atoms with E-state index in [9.17, 15) is 18.8 Å². The first-order valence-electron chi connectivity index (χ1n) is 10.3. The largest absolute Gasteiger partial charge is 0.455 e. The van der Waals surface area contributed by atoms with Gasteiger partial charge in [0.15, 0.2) is 11.5 Å². The highest BCUT2D eigenvalue weighted by Crippen LogP contribution is 2.26. The molecule has 2 amide bonds. The molecule has 1 aromatic carbocycles. The molecule has 0 fully saturated rings. The first-order valence-corrected chi connectivity index (χ1v) is 10.3. The van der Waals surface area contributed by atoms with Crippen LogP contribution in [0, 0.1) is 0 Å². The molecule has 2 aromatic heterocycles. The molecule has 0 spiro atoms. The Morgan fingerprint density at radius 1 is 1.03 bits per heavy atom. The Hall–Kier alpha value is -3.96. The number of imide groups is 1. The smallest absolute Gasteiger partial charge is 0.361 e. The van der Waals surface area contributed by atoms with Gasteiger partial charge >= 0.3 is 5.97 Å². The van der Waals surface area contributed by atoms with Gasteiger partial charge in [0.1, 0.15) is 11.8 Å². The van der Waals surface area contributed by atoms with Gasteiger partial charge in [0, 0.05) is 13.0 Å². The van der Waals surface area contributed by atoms with Gasteiger partial charge in [-0.2, -0.15) is 0 Å². The van der Waals surface area contributed by atoms with Gasteiger partial charge in [-0.15, -0.1) is 10.2 Å². The lowest BCUT2D eigenvalue weighted by Crippen LogP contribution is -2.29. The van der Waals surface area contributed by atoms with Crippen LogP contribution in [0.4, 0.5) is 10.2 Å². The van der Waals surface area contributed by atoms with Gasteiger partial charge in [-0.25, -0.2) is 18.8 Å². The molecule has 4 rings (SSSR count). The predicted molar refractivity (Wildman–Crippen MR) is 112 cm³/mol. The van der Waals surface area contributed by atoms with Crippen molar-refractivity contribution in [3.63, 3.8) is 0 Å². The maximum absolute atomic E-state index is 14.5. The molecule has 1 atom stereocenters. The maximum Gasteiger partial charge on any atom is 0.361 e. The van der Waals surface area contributed by atoms with E-state index in [0.29, 0.717) is 11.1 Å². The van der Waals surface area contributed by atoms with E-state index in [0.717, 1.165) is 4.90 Å². The number of nitrogens with zero attached hydrogens (tertiary/aromatic N) is 7. The minimum atomic E-state index is -1.32. The Labute approximate surface area is 188 Å². The minimum absolute atomic E-state index is 0.0340. The summed E-state index contributed by atoms with van der Waals surface area (Å²) in [7, 11) is 0. The molecule has 1 aliphatic heterocycles. The van der Waals surface area contributed by atoms with Gasteiger partial charge < -0.3 is 4.74 Å². The maximum atomic E-state index is 14.5. The third-order valence-electron chi connectivity index (χ3n) is 4.75. The number of aromatic nitrogens is 6. The lowest BCUT2D eigenvalue weighted by Gasteiger charge is -2.18. The van der Waals surface area contributed by atoms with Crippen molar-refractivity contribution in [1.82, 2.24) is 30.0 Å². The fourth-order valence-corrected chi connectivity index (χ4v) is 3.28. The molecule has 0 radical (unpaired) electrons. The number of ether oxygens (including phenoxy) is 1. The monoisotopic (exact) mass is 455 g/mol. The number of fused-ring (bicyclic) bond motifs is 1. The Morgan fingerprint density at radius 2 is 1.67 bits per heavy atom. The number of aryl methyl sites for hydroxylation is 1. The topological polar surface area (TPSA) is 125 Å². The Balaban J connectivity index is 1.33. The van der Waals surface area contributed by atoms with E-state index >= 15 is 0 Å².